The maximum Gasteiger partial charge on any atom is 0.126 e. The van der Waals surface area contributed by atoms with Gasteiger partial charge in [-0.1, -0.05) is 91.7 Å². The van der Waals surface area contributed by atoms with Gasteiger partial charge in [0.25, 0.3) is 0 Å². The number of allylic oxidation sites excluding steroid dienone is 11. The molecule has 0 radical (unpaired) electrons. The van der Waals surface area contributed by atoms with E-state index in [1.165, 1.54) is 65.7 Å². The Labute approximate surface area is 266 Å². The second kappa shape index (κ2) is 28.5. The van der Waals surface area contributed by atoms with Crippen molar-refractivity contribution in [2.75, 3.05) is 7.05 Å². The van der Waals surface area contributed by atoms with Crippen LogP contribution in [0.4, 0.5) is 8.78 Å². The van der Waals surface area contributed by atoms with Crippen molar-refractivity contribution in [1.29, 1.82) is 0 Å². The highest BCUT2D eigenvalue weighted by atomic mass is 79.9. The summed E-state index contributed by atoms with van der Waals surface area (Å²) >= 11 is 3.33. The Morgan fingerprint density at radius 2 is 1.57 bits per heavy atom. The maximum absolute atomic E-state index is 12.2. The van der Waals surface area contributed by atoms with Gasteiger partial charge in [-0.3, -0.25) is 4.99 Å². The van der Waals surface area contributed by atoms with Crippen LogP contribution >= 0.6 is 15.9 Å². The Bertz CT molecular complexity index is 1010. The van der Waals surface area contributed by atoms with Gasteiger partial charge in [-0.15, -0.1) is 6.58 Å². The Kier molecular flexibility index (Phi) is 29.8. The van der Waals surface area contributed by atoms with Crippen LogP contribution in [0.25, 0.3) is 0 Å². The topological polar surface area (TPSA) is 12.4 Å². The summed E-state index contributed by atoms with van der Waals surface area (Å²) < 4.78 is 25.4. The molecule has 0 heterocycles. The fourth-order valence-electron chi connectivity index (χ4n) is 3.55. The van der Waals surface area contributed by atoms with Crippen LogP contribution in [-0.4, -0.2) is 13.3 Å². The summed E-state index contributed by atoms with van der Waals surface area (Å²) in [7, 11) is 1.75. The van der Waals surface area contributed by atoms with E-state index in [1.54, 1.807) is 26.3 Å². The Morgan fingerprint density at radius 3 is 1.90 bits per heavy atom. The van der Waals surface area contributed by atoms with E-state index < -0.39 is 11.6 Å². The number of rotatable bonds is 12. The summed E-state index contributed by atoms with van der Waals surface area (Å²) in [4.78, 5) is 3.83. The highest BCUT2D eigenvalue weighted by Crippen LogP contribution is 2.24. The normalized spacial score (nSPS) is 11.2. The average Bonchev–Trinajstić information content (AvgIpc) is 2.88. The number of nitrogens with zero attached hydrogens (tertiary/aromatic N) is 1. The molecule has 1 nitrogen and oxygen atoms in total. The molecule has 0 saturated carbocycles. The lowest BCUT2D eigenvalue weighted by Crippen LogP contribution is -2.02. The molecule has 0 saturated heterocycles. The molecule has 0 bridgehead atoms. The predicted octanol–water partition coefficient (Wildman–Crippen LogP) is 13.4. The van der Waals surface area contributed by atoms with Crippen LogP contribution in [0.15, 0.2) is 106 Å². The van der Waals surface area contributed by atoms with Crippen molar-refractivity contribution in [2.24, 2.45) is 10.9 Å². The zero-order valence-corrected chi connectivity index (χ0v) is 29.8. The predicted molar refractivity (Wildman–Crippen MR) is 192 cm³/mol. The molecule has 0 aliphatic carbocycles. The molecule has 0 fully saturated rings. The minimum Gasteiger partial charge on any atom is -0.295 e. The first-order chi connectivity index (χ1) is 19.7. The molecule has 0 aliphatic rings. The molecule has 1 atom stereocenters. The maximum atomic E-state index is 12.2. The standard InChI is InChI=1S/C16H28.C9H14.C7H6F2.C6H10BrN/c1-7-9-16(11-8-10-13(2)3)15(6)12-14(4)5;1-4-7-8-9(5-2)6-3;1-5-2-6(8)4-7(9)3-5;1-5(2)6(7)4-8-3/h12,16H,2,6-11H2,1,3-5H3;4-5,7-8H,1,6H2,2-3H3;2-4H,1H3;4H,1-3H3/b;8-7-,9-5-;;. The van der Waals surface area contributed by atoms with Crippen LogP contribution < -0.4 is 0 Å². The van der Waals surface area contributed by atoms with Crippen LogP contribution in [-0.2, 0) is 0 Å². The average molecular weight is 647 g/mol. The van der Waals surface area contributed by atoms with Gasteiger partial charge < -0.3 is 0 Å². The van der Waals surface area contributed by atoms with Crippen molar-refractivity contribution in [1.82, 2.24) is 0 Å². The van der Waals surface area contributed by atoms with Gasteiger partial charge in [-0.25, -0.2) is 8.78 Å². The van der Waals surface area contributed by atoms with Crippen molar-refractivity contribution in [3.05, 3.63) is 118 Å². The first kappa shape index (κ1) is 43.9. The molecule has 0 aromatic heterocycles. The number of aliphatic imine (C=N–C) groups is 1. The van der Waals surface area contributed by atoms with E-state index in [-0.39, 0.29) is 0 Å². The van der Waals surface area contributed by atoms with Crippen molar-refractivity contribution in [3.63, 3.8) is 0 Å². The SMILES string of the molecule is C=C(C)CCCC(CCC)C(=C)C=C(C)C.C=C/C=C\C(=C/C)CC.CN=CC(Br)=C(C)C.Cc1cc(F)cc(F)c1. The van der Waals surface area contributed by atoms with Gasteiger partial charge in [0.15, 0.2) is 0 Å². The highest BCUT2D eigenvalue weighted by molar-refractivity contribution is 9.12. The molecule has 1 unspecified atom stereocenters. The van der Waals surface area contributed by atoms with Gasteiger partial charge >= 0.3 is 0 Å². The summed E-state index contributed by atoms with van der Waals surface area (Å²) in [6.07, 6.45) is 19.2. The van der Waals surface area contributed by atoms with Gasteiger partial charge in [0.2, 0.25) is 0 Å². The molecule has 1 aromatic carbocycles. The zero-order valence-electron chi connectivity index (χ0n) is 28.2. The zero-order chi connectivity index (χ0) is 33.1. The lowest BCUT2D eigenvalue weighted by atomic mass is 9.89. The van der Waals surface area contributed by atoms with Crippen molar-refractivity contribution >= 4 is 22.1 Å². The number of hydrogen-bond donors (Lipinski definition) is 0. The van der Waals surface area contributed by atoms with E-state index in [0.717, 1.165) is 23.4 Å². The largest absolute Gasteiger partial charge is 0.295 e. The molecule has 0 amide bonds. The molecule has 0 spiro atoms. The van der Waals surface area contributed by atoms with E-state index in [0.29, 0.717) is 11.5 Å². The van der Waals surface area contributed by atoms with Gasteiger partial charge in [0.1, 0.15) is 11.6 Å². The molecular weight excluding hydrogens is 588 g/mol. The molecule has 1 rings (SSSR count). The first-order valence-electron chi connectivity index (χ1n) is 14.8. The molecular formula is C38H58BrF2N. The number of aryl methyl sites for hydroxylation is 1. The van der Waals surface area contributed by atoms with E-state index in [4.69, 9.17) is 0 Å². The second-order valence-electron chi connectivity index (χ2n) is 10.6. The lowest BCUT2D eigenvalue weighted by molar-refractivity contribution is 0.500. The first-order valence-corrected chi connectivity index (χ1v) is 15.6. The van der Waals surface area contributed by atoms with Crippen molar-refractivity contribution in [2.45, 2.75) is 101 Å². The summed E-state index contributed by atoms with van der Waals surface area (Å²) in [5.41, 5.74) is 7.16. The van der Waals surface area contributed by atoms with Crippen LogP contribution in [0.5, 0.6) is 0 Å². The minimum atomic E-state index is -0.521. The fourth-order valence-corrected chi connectivity index (χ4v) is 3.75. The molecule has 0 aliphatic heterocycles. The van der Waals surface area contributed by atoms with Crippen LogP contribution in [0.1, 0.15) is 99.5 Å². The highest BCUT2D eigenvalue weighted by Gasteiger charge is 2.09. The second-order valence-corrected chi connectivity index (χ2v) is 11.5. The van der Waals surface area contributed by atoms with Gasteiger partial charge in [-0.05, 0) is 120 Å². The van der Waals surface area contributed by atoms with Crippen LogP contribution in [0.3, 0.4) is 0 Å². The summed E-state index contributed by atoms with van der Waals surface area (Å²) in [6.45, 7) is 30.3. The number of hydrogen-bond acceptors (Lipinski definition) is 1. The van der Waals surface area contributed by atoms with E-state index in [2.05, 4.69) is 93.5 Å². The third-order valence-electron chi connectivity index (χ3n) is 5.74. The molecule has 1 aromatic rings. The van der Waals surface area contributed by atoms with Gasteiger partial charge in [0, 0.05) is 23.8 Å². The van der Waals surface area contributed by atoms with Crippen molar-refractivity contribution < 1.29 is 8.78 Å². The monoisotopic (exact) mass is 645 g/mol. The van der Waals surface area contributed by atoms with Crippen LogP contribution in [0.2, 0.25) is 0 Å². The minimum absolute atomic E-state index is 0.521. The van der Waals surface area contributed by atoms with E-state index >= 15 is 0 Å². The molecule has 42 heavy (non-hydrogen) atoms. The summed E-state index contributed by atoms with van der Waals surface area (Å²) in [5, 5.41) is 0. The third kappa shape index (κ3) is 28.9. The number of benzene rings is 1. The Balaban J connectivity index is -0.000000506. The van der Waals surface area contributed by atoms with Crippen LogP contribution in [0, 0.1) is 24.5 Å². The van der Waals surface area contributed by atoms with Gasteiger partial charge in [-0.2, -0.15) is 0 Å². The van der Waals surface area contributed by atoms with Crippen molar-refractivity contribution in [3.8, 4) is 0 Å². The summed E-state index contributed by atoms with van der Waals surface area (Å²) in [5.74, 6) is -0.376. The smallest absolute Gasteiger partial charge is 0.126 e. The molecule has 0 N–H and O–H groups in total. The molecule has 236 valence electrons. The quantitative estimate of drug-likeness (QED) is 0.122. The van der Waals surface area contributed by atoms with E-state index in [1.807, 2.05) is 26.8 Å². The Morgan fingerprint density at radius 1 is 1.00 bits per heavy atom. The Hall–Kier alpha value is -2.59. The van der Waals surface area contributed by atoms with Gasteiger partial charge in [0.05, 0.1) is 0 Å². The summed E-state index contributed by atoms with van der Waals surface area (Å²) in [6, 6.07) is 3.42. The third-order valence-corrected chi connectivity index (χ3v) is 6.74. The number of halogens is 3. The fraction of sp³-hybridized carbons (Fsp3) is 0.447. The lowest BCUT2D eigenvalue weighted by Gasteiger charge is -2.17. The molecule has 4 heteroatoms. The van der Waals surface area contributed by atoms with E-state index in [9.17, 15) is 8.78 Å².